The Balaban J connectivity index is 2.09. The number of sulfone groups is 1. The number of carbonyl (C=O) groups excluding carboxylic acids is 1. The Morgan fingerprint density at radius 3 is 2.82 bits per heavy atom. The van der Waals surface area contributed by atoms with Gasteiger partial charge in [0.05, 0.1) is 18.1 Å². The van der Waals surface area contributed by atoms with Crippen LogP contribution in [0, 0.1) is 0 Å². The van der Waals surface area contributed by atoms with E-state index in [2.05, 4.69) is 10.6 Å². The quantitative estimate of drug-likeness (QED) is 0.571. The van der Waals surface area contributed by atoms with Gasteiger partial charge in [-0.25, -0.2) is 8.42 Å². The van der Waals surface area contributed by atoms with Crippen molar-refractivity contribution in [1.29, 1.82) is 0 Å². The Morgan fingerprint density at radius 1 is 1.47 bits per heavy atom. The average Bonchev–Trinajstić information content (AvgIpc) is 2.57. The summed E-state index contributed by atoms with van der Waals surface area (Å²) in [6, 6.07) is -0.215. The van der Waals surface area contributed by atoms with Crippen molar-refractivity contribution in [3.8, 4) is 0 Å². The lowest BCUT2D eigenvalue weighted by Crippen LogP contribution is -2.41. The molecule has 0 bridgehead atoms. The van der Waals surface area contributed by atoms with Gasteiger partial charge in [0, 0.05) is 19.8 Å². The lowest BCUT2D eigenvalue weighted by atomic mass is 10.2. The molecule has 0 aromatic carbocycles. The van der Waals surface area contributed by atoms with Crippen LogP contribution >= 0.6 is 0 Å². The van der Waals surface area contributed by atoms with Crippen LogP contribution < -0.4 is 10.6 Å². The summed E-state index contributed by atoms with van der Waals surface area (Å²) < 4.78 is 27.2. The van der Waals surface area contributed by atoms with Gasteiger partial charge in [0.1, 0.15) is 0 Å². The van der Waals surface area contributed by atoms with Crippen LogP contribution in [-0.4, -0.2) is 58.7 Å². The molecule has 1 atom stereocenters. The molecule has 1 heterocycles. The zero-order valence-corrected chi connectivity index (χ0v) is 10.9. The van der Waals surface area contributed by atoms with E-state index in [4.69, 9.17) is 4.74 Å². The summed E-state index contributed by atoms with van der Waals surface area (Å²) in [5.41, 5.74) is 0. The molecule has 2 N–H and O–H groups in total. The van der Waals surface area contributed by atoms with Gasteiger partial charge >= 0.3 is 0 Å². The van der Waals surface area contributed by atoms with E-state index in [0.29, 0.717) is 19.6 Å². The summed E-state index contributed by atoms with van der Waals surface area (Å²) in [5.74, 6) is 0.103. The molecule has 1 aliphatic heterocycles. The number of carbonyl (C=O) groups is 1. The summed E-state index contributed by atoms with van der Waals surface area (Å²) >= 11 is 0. The molecular formula is C10H20N2O4S. The topological polar surface area (TPSA) is 84.5 Å². The Morgan fingerprint density at radius 2 is 2.24 bits per heavy atom. The molecule has 0 radical (unpaired) electrons. The van der Waals surface area contributed by atoms with Gasteiger partial charge in [-0.05, 0) is 19.4 Å². The van der Waals surface area contributed by atoms with E-state index >= 15 is 0 Å². The minimum absolute atomic E-state index is 0.0718. The second kappa shape index (κ2) is 6.93. The van der Waals surface area contributed by atoms with Crippen LogP contribution in [0.3, 0.4) is 0 Å². The van der Waals surface area contributed by atoms with Crippen LogP contribution in [0.1, 0.15) is 12.8 Å². The van der Waals surface area contributed by atoms with Gasteiger partial charge in [0.2, 0.25) is 5.91 Å². The maximum absolute atomic E-state index is 11.4. The molecule has 6 nitrogen and oxygen atoms in total. The number of ether oxygens (including phenoxy) is 1. The van der Waals surface area contributed by atoms with E-state index in [9.17, 15) is 13.2 Å². The lowest BCUT2D eigenvalue weighted by Gasteiger charge is -2.11. The van der Waals surface area contributed by atoms with Crippen molar-refractivity contribution in [3.63, 3.8) is 0 Å². The van der Waals surface area contributed by atoms with Crippen LogP contribution in [0.4, 0.5) is 0 Å². The number of methoxy groups -OCH3 is 1. The van der Waals surface area contributed by atoms with E-state index in [1.54, 1.807) is 7.11 Å². The van der Waals surface area contributed by atoms with E-state index in [1.165, 1.54) is 0 Å². The molecule has 100 valence electrons. The predicted molar refractivity (Wildman–Crippen MR) is 64.6 cm³/mol. The summed E-state index contributed by atoms with van der Waals surface area (Å²) in [6.07, 6.45) is 1.37. The second-order valence-electron chi connectivity index (χ2n) is 4.19. The van der Waals surface area contributed by atoms with Crippen LogP contribution in [0.25, 0.3) is 0 Å². The van der Waals surface area contributed by atoms with Crippen molar-refractivity contribution in [1.82, 2.24) is 10.6 Å². The molecule has 1 amide bonds. The van der Waals surface area contributed by atoms with E-state index in [-0.39, 0.29) is 30.0 Å². The Bertz CT molecular complexity index is 342. The number of rotatable bonds is 7. The van der Waals surface area contributed by atoms with Crippen molar-refractivity contribution >= 4 is 15.7 Å². The molecule has 1 saturated heterocycles. The van der Waals surface area contributed by atoms with Crippen LogP contribution in [0.2, 0.25) is 0 Å². The second-order valence-corrected chi connectivity index (χ2v) is 6.42. The highest BCUT2D eigenvalue weighted by Crippen LogP contribution is 2.10. The zero-order valence-electron chi connectivity index (χ0n) is 10.1. The zero-order chi connectivity index (χ0) is 12.7. The number of amides is 1. The SMILES string of the molecule is COCCCNCC(=O)NC1CCS(=O)(=O)C1. The monoisotopic (exact) mass is 264 g/mol. The van der Waals surface area contributed by atoms with Crippen LogP contribution in [0.5, 0.6) is 0 Å². The summed E-state index contributed by atoms with van der Waals surface area (Å²) in [5, 5.41) is 5.69. The first kappa shape index (κ1) is 14.4. The highest BCUT2D eigenvalue weighted by atomic mass is 32.2. The van der Waals surface area contributed by atoms with Crippen molar-refractivity contribution in [2.75, 3.05) is 38.3 Å². The van der Waals surface area contributed by atoms with Crippen LogP contribution in [-0.2, 0) is 19.4 Å². The minimum atomic E-state index is -2.93. The average molecular weight is 264 g/mol. The number of hydrogen-bond donors (Lipinski definition) is 2. The standard InChI is InChI=1S/C10H20N2O4S/c1-16-5-2-4-11-7-10(13)12-9-3-6-17(14,15)8-9/h9,11H,2-8H2,1H3,(H,12,13). The molecule has 0 saturated carbocycles. The molecule has 1 rings (SSSR count). The van der Waals surface area contributed by atoms with Gasteiger partial charge in [-0.1, -0.05) is 0 Å². The molecule has 7 heteroatoms. The maximum atomic E-state index is 11.4. The first-order valence-electron chi connectivity index (χ1n) is 5.73. The lowest BCUT2D eigenvalue weighted by molar-refractivity contribution is -0.120. The normalized spacial score (nSPS) is 22.5. The third kappa shape index (κ3) is 5.99. The molecular weight excluding hydrogens is 244 g/mol. The fraction of sp³-hybridized carbons (Fsp3) is 0.900. The fourth-order valence-corrected chi connectivity index (χ4v) is 3.40. The van der Waals surface area contributed by atoms with E-state index in [1.807, 2.05) is 0 Å². The third-order valence-electron chi connectivity index (χ3n) is 2.59. The Labute approximate surface area is 102 Å². The first-order chi connectivity index (χ1) is 8.03. The smallest absolute Gasteiger partial charge is 0.234 e. The molecule has 1 aliphatic rings. The van der Waals surface area contributed by atoms with Gasteiger partial charge in [-0.15, -0.1) is 0 Å². The number of hydrogen-bond acceptors (Lipinski definition) is 5. The van der Waals surface area contributed by atoms with Gasteiger partial charge in [0.25, 0.3) is 0 Å². The highest BCUT2D eigenvalue weighted by molar-refractivity contribution is 7.91. The Hall–Kier alpha value is -0.660. The first-order valence-corrected chi connectivity index (χ1v) is 7.55. The van der Waals surface area contributed by atoms with Gasteiger partial charge < -0.3 is 15.4 Å². The fourth-order valence-electron chi connectivity index (χ4n) is 1.73. The van der Waals surface area contributed by atoms with Crippen LogP contribution in [0.15, 0.2) is 0 Å². The van der Waals surface area contributed by atoms with E-state index < -0.39 is 9.84 Å². The van der Waals surface area contributed by atoms with Gasteiger partial charge in [-0.2, -0.15) is 0 Å². The molecule has 17 heavy (non-hydrogen) atoms. The van der Waals surface area contributed by atoms with Gasteiger partial charge in [-0.3, -0.25) is 4.79 Å². The number of nitrogens with one attached hydrogen (secondary N) is 2. The summed E-state index contributed by atoms with van der Waals surface area (Å²) in [6.45, 7) is 1.60. The van der Waals surface area contributed by atoms with Gasteiger partial charge in [0.15, 0.2) is 9.84 Å². The van der Waals surface area contributed by atoms with Crippen molar-refractivity contribution in [2.24, 2.45) is 0 Å². The molecule has 0 spiro atoms. The van der Waals surface area contributed by atoms with Crippen molar-refractivity contribution < 1.29 is 17.9 Å². The van der Waals surface area contributed by atoms with Crippen molar-refractivity contribution in [2.45, 2.75) is 18.9 Å². The maximum Gasteiger partial charge on any atom is 0.234 e. The Kier molecular flexibility index (Phi) is 5.87. The predicted octanol–water partition coefficient (Wildman–Crippen LogP) is -1.08. The molecule has 0 aromatic rings. The third-order valence-corrected chi connectivity index (χ3v) is 4.35. The summed E-state index contributed by atoms with van der Waals surface area (Å²) in [7, 11) is -1.29. The molecule has 1 fully saturated rings. The molecule has 1 unspecified atom stereocenters. The van der Waals surface area contributed by atoms with Crippen molar-refractivity contribution in [3.05, 3.63) is 0 Å². The van der Waals surface area contributed by atoms with E-state index in [0.717, 1.165) is 6.42 Å². The molecule has 0 aliphatic carbocycles. The summed E-state index contributed by atoms with van der Waals surface area (Å²) in [4.78, 5) is 11.4. The largest absolute Gasteiger partial charge is 0.385 e. The highest BCUT2D eigenvalue weighted by Gasteiger charge is 2.28. The minimum Gasteiger partial charge on any atom is -0.385 e. The molecule has 0 aromatic heterocycles.